The van der Waals surface area contributed by atoms with Gasteiger partial charge in [0.05, 0.1) is 22.9 Å². The number of sulfonamides is 1. The lowest BCUT2D eigenvalue weighted by molar-refractivity contribution is 0.0697. The van der Waals surface area contributed by atoms with Gasteiger partial charge in [-0.15, -0.1) is 0 Å². The highest BCUT2D eigenvalue weighted by molar-refractivity contribution is 7.89. The highest BCUT2D eigenvalue weighted by Gasteiger charge is 2.30. The van der Waals surface area contributed by atoms with Gasteiger partial charge in [-0.25, -0.2) is 13.2 Å². The zero-order valence-corrected chi connectivity index (χ0v) is 17.4. The van der Waals surface area contributed by atoms with Crippen LogP contribution >= 0.6 is 0 Å². The van der Waals surface area contributed by atoms with Crippen molar-refractivity contribution in [2.45, 2.75) is 4.90 Å². The molecule has 1 aliphatic heterocycles. The van der Waals surface area contributed by atoms with E-state index in [0.717, 1.165) is 0 Å². The maximum Gasteiger partial charge on any atom is 0.326 e. The zero-order chi connectivity index (χ0) is 22.2. The van der Waals surface area contributed by atoms with E-state index in [-0.39, 0.29) is 47.9 Å². The first kappa shape index (κ1) is 20.8. The second-order valence-electron chi connectivity index (χ2n) is 7.04. The fourth-order valence-electron chi connectivity index (χ4n) is 3.52. The Kier molecular flexibility index (Phi) is 5.38. The van der Waals surface area contributed by atoms with E-state index >= 15 is 0 Å². The summed E-state index contributed by atoms with van der Waals surface area (Å²) in [5.74, 6) is 0.372. The van der Waals surface area contributed by atoms with Crippen LogP contribution in [0.2, 0.25) is 0 Å². The van der Waals surface area contributed by atoms with Crippen molar-refractivity contribution in [2.24, 2.45) is 0 Å². The maximum absolute atomic E-state index is 13.1. The minimum Gasteiger partial charge on any atom is -0.497 e. The number of nitrogens with zero attached hydrogens (tertiary/aromatic N) is 2. The Morgan fingerprint density at radius 3 is 2.45 bits per heavy atom. The molecule has 4 rings (SSSR count). The lowest BCUT2D eigenvalue weighted by atomic mass is 10.1. The number of rotatable bonds is 4. The monoisotopic (exact) mass is 444 g/mol. The molecule has 1 saturated heterocycles. The van der Waals surface area contributed by atoms with Gasteiger partial charge in [0.15, 0.2) is 0 Å². The van der Waals surface area contributed by atoms with Gasteiger partial charge in [0.25, 0.3) is 11.5 Å². The van der Waals surface area contributed by atoms with Crippen LogP contribution in [0, 0.1) is 0 Å². The summed E-state index contributed by atoms with van der Waals surface area (Å²) in [6.45, 7) is 0.712. The Labute approximate surface area is 177 Å². The minimum absolute atomic E-state index is 0.0508. The second kappa shape index (κ2) is 8.00. The van der Waals surface area contributed by atoms with Crippen LogP contribution < -0.4 is 16.0 Å². The van der Waals surface area contributed by atoms with Crippen LogP contribution in [-0.4, -0.2) is 66.8 Å². The van der Waals surface area contributed by atoms with Crippen molar-refractivity contribution >= 4 is 26.8 Å². The van der Waals surface area contributed by atoms with Crippen molar-refractivity contribution in [3.05, 3.63) is 68.9 Å². The first-order valence-electron chi connectivity index (χ1n) is 9.49. The van der Waals surface area contributed by atoms with E-state index in [9.17, 15) is 22.8 Å². The molecular weight excluding hydrogens is 424 g/mol. The van der Waals surface area contributed by atoms with E-state index in [1.807, 2.05) is 0 Å². The first-order valence-corrected chi connectivity index (χ1v) is 10.9. The third-order valence-corrected chi connectivity index (χ3v) is 7.09. The summed E-state index contributed by atoms with van der Waals surface area (Å²) in [6.07, 6.45) is 0. The van der Waals surface area contributed by atoms with Gasteiger partial charge in [0.2, 0.25) is 10.0 Å². The third-order valence-electron chi connectivity index (χ3n) is 5.19. The van der Waals surface area contributed by atoms with Gasteiger partial charge in [-0.05, 0) is 36.4 Å². The van der Waals surface area contributed by atoms with Gasteiger partial charge in [-0.2, -0.15) is 4.31 Å². The first-order chi connectivity index (χ1) is 14.8. The Morgan fingerprint density at radius 1 is 1.00 bits per heavy atom. The average molecular weight is 444 g/mol. The maximum atomic E-state index is 13.1. The summed E-state index contributed by atoms with van der Waals surface area (Å²) in [7, 11) is -2.35. The number of nitrogens with one attached hydrogen (secondary N) is 2. The average Bonchev–Trinajstić information content (AvgIpc) is 2.78. The molecule has 3 aromatic rings. The molecule has 2 heterocycles. The number of aromatic amines is 2. The number of piperazine rings is 1. The number of hydrogen-bond acceptors (Lipinski definition) is 6. The summed E-state index contributed by atoms with van der Waals surface area (Å²) in [5, 5.41) is 0.0764. The van der Waals surface area contributed by atoms with Gasteiger partial charge in [0, 0.05) is 31.7 Å². The number of methoxy groups -OCH3 is 1. The molecule has 31 heavy (non-hydrogen) atoms. The summed E-state index contributed by atoms with van der Waals surface area (Å²) >= 11 is 0. The normalized spacial score (nSPS) is 15.2. The molecule has 0 radical (unpaired) electrons. The van der Waals surface area contributed by atoms with Gasteiger partial charge >= 0.3 is 5.69 Å². The molecule has 2 aromatic carbocycles. The molecule has 162 valence electrons. The minimum atomic E-state index is -3.87. The molecule has 2 N–H and O–H groups in total. The Morgan fingerprint density at radius 2 is 1.74 bits per heavy atom. The molecule has 0 unspecified atom stereocenters. The van der Waals surface area contributed by atoms with Gasteiger partial charge in [0.1, 0.15) is 5.75 Å². The van der Waals surface area contributed by atoms with Crippen LogP contribution in [0.25, 0.3) is 10.9 Å². The fourth-order valence-corrected chi connectivity index (χ4v) is 4.97. The molecular formula is C20H20N4O6S. The fraction of sp³-hybridized carbons (Fsp3) is 0.250. The van der Waals surface area contributed by atoms with Crippen molar-refractivity contribution < 1.29 is 17.9 Å². The van der Waals surface area contributed by atoms with E-state index < -0.39 is 21.3 Å². The van der Waals surface area contributed by atoms with Crippen molar-refractivity contribution in [3.8, 4) is 5.75 Å². The third kappa shape index (κ3) is 3.97. The zero-order valence-electron chi connectivity index (χ0n) is 16.6. The van der Waals surface area contributed by atoms with E-state index in [1.165, 1.54) is 29.6 Å². The summed E-state index contributed by atoms with van der Waals surface area (Å²) in [6, 6.07) is 10.8. The van der Waals surface area contributed by atoms with Gasteiger partial charge in [-0.3, -0.25) is 14.6 Å². The van der Waals surface area contributed by atoms with E-state index in [4.69, 9.17) is 4.74 Å². The predicted molar refractivity (Wildman–Crippen MR) is 113 cm³/mol. The van der Waals surface area contributed by atoms with Gasteiger partial charge < -0.3 is 14.6 Å². The number of amides is 1. The molecule has 10 nitrogen and oxygen atoms in total. The number of hydrogen-bond donors (Lipinski definition) is 2. The molecule has 1 aromatic heterocycles. The molecule has 0 aliphatic carbocycles. The molecule has 0 spiro atoms. The number of H-pyrrole nitrogens is 2. The Bertz CT molecular complexity index is 1370. The van der Waals surface area contributed by atoms with Crippen molar-refractivity contribution in [1.29, 1.82) is 0 Å². The summed E-state index contributed by atoms with van der Waals surface area (Å²) < 4.78 is 32.5. The van der Waals surface area contributed by atoms with Gasteiger partial charge in [-0.1, -0.05) is 6.07 Å². The number of carbonyl (C=O) groups excluding carboxylic acids is 1. The van der Waals surface area contributed by atoms with Crippen LogP contribution in [0.4, 0.5) is 0 Å². The topological polar surface area (TPSA) is 133 Å². The largest absolute Gasteiger partial charge is 0.497 e. The summed E-state index contributed by atoms with van der Waals surface area (Å²) in [4.78, 5) is 42.2. The van der Waals surface area contributed by atoms with Crippen LogP contribution in [0.1, 0.15) is 10.4 Å². The quantitative estimate of drug-likeness (QED) is 0.598. The Hall–Kier alpha value is -3.44. The standard InChI is InChI=1S/C20H20N4O6S/c1-30-14-4-2-3-13(11-14)19(26)23-7-9-24(10-8-23)31(28,29)15-5-6-17-16(12-15)18(25)22-20(27)21-17/h2-6,11-12H,7-10H2,1H3,(H2,21,22,25,27). The lowest BCUT2D eigenvalue weighted by Crippen LogP contribution is -2.50. The molecule has 1 amide bonds. The van der Waals surface area contributed by atoms with Crippen molar-refractivity contribution in [3.63, 3.8) is 0 Å². The smallest absolute Gasteiger partial charge is 0.326 e. The van der Waals surface area contributed by atoms with Crippen LogP contribution in [0.3, 0.4) is 0 Å². The van der Waals surface area contributed by atoms with Crippen LogP contribution in [0.15, 0.2) is 56.9 Å². The van der Waals surface area contributed by atoms with Crippen LogP contribution in [-0.2, 0) is 10.0 Å². The Balaban J connectivity index is 1.52. The molecule has 11 heteroatoms. The number of aromatic nitrogens is 2. The highest BCUT2D eigenvalue weighted by atomic mass is 32.2. The second-order valence-corrected chi connectivity index (χ2v) is 8.98. The van der Waals surface area contributed by atoms with E-state index in [2.05, 4.69) is 9.97 Å². The lowest BCUT2D eigenvalue weighted by Gasteiger charge is -2.34. The number of fused-ring (bicyclic) bond motifs is 1. The molecule has 1 aliphatic rings. The number of ether oxygens (including phenoxy) is 1. The molecule has 0 saturated carbocycles. The highest BCUT2D eigenvalue weighted by Crippen LogP contribution is 2.21. The number of benzene rings is 2. The van der Waals surface area contributed by atoms with E-state index in [0.29, 0.717) is 11.3 Å². The SMILES string of the molecule is COc1cccc(C(=O)N2CCN(S(=O)(=O)c3ccc4[nH]c(=O)[nH]c(=O)c4c3)CC2)c1. The molecule has 0 bridgehead atoms. The summed E-state index contributed by atoms with van der Waals surface area (Å²) in [5.41, 5.74) is -0.603. The van der Waals surface area contributed by atoms with Crippen molar-refractivity contribution in [2.75, 3.05) is 33.3 Å². The van der Waals surface area contributed by atoms with Crippen LogP contribution in [0.5, 0.6) is 5.75 Å². The molecule has 1 fully saturated rings. The predicted octanol–water partition coefficient (Wildman–Crippen LogP) is 0.372. The number of carbonyl (C=O) groups is 1. The molecule has 0 atom stereocenters. The van der Waals surface area contributed by atoms with Crippen molar-refractivity contribution in [1.82, 2.24) is 19.2 Å². The van der Waals surface area contributed by atoms with E-state index in [1.54, 1.807) is 29.2 Å².